The van der Waals surface area contributed by atoms with Crippen LogP contribution < -0.4 is 25.4 Å². The molecule has 0 bridgehead atoms. The van der Waals surface area contributed by atoms with Crippen molar-refractivity contribution in [3.8, 4) is 34.1 Å². The Kier molecular flexibility index (Phi) is 3.94. The zero-order chi connectivity index (χ0) is 22.9. The van der Waals surface area contributed by atoms with E-state index in [1.165, 1.54) is 37.5 Å². The molecule has 0 unspecified atom stereocenters. The van der Waals surface area contributed by atoms with E-state index in [0.29, 0.717) is 0 Å². The van der Waals surface area contributed by atoms with E-state index in [0.717, 1.165) is 34.1 Å². The number of hydrogen-bond donors (Lipinski definition) is 0. The van der Waals surface area contributed by atoms with Gasteiger partial charge in [-0.15, -0.1) is 0 Å². The van der Waals surface area contributed by atoms with Gasteiger partial charge in [-0.2, -0.15) is 0 Å². The summed E-state index contributed by atoms with van der Waals surface area (Å²) in [6, 6.07) is 40.7. The number of rotatable bonds is 1. The largest absolute Gasteiger partial charge is 0.456 e. The van der Waals surface area contributed by atoms with E-state index in [9.17, 15) is 0 Å². The van der Waals surface area contributed by atoms with Gasteiger partial charge in [0.05, 0.1) is 5.30 Å². The molecular weight excluding hydrogens is 447 g/mol. The Balaban J connectivity index is 1.49. The maximum atomic E-state index is 6.66. The van der Waals surface area contributed by atoms with E-state index < -0.39 is 7.92 Å². The molecule has 2 aliphatic heterocycles. The summed E-state index contributed by atoms with van der Waals surface area (Å²) in [7, 11) is -0.882. The van der Waals surface area contributed by atoms with Gasteiger partial charge in [0, 0.05) is 18.5 Å². The summed E-state index contributed by atoms with van der Waals surface area (Å²) in [5, 5.41) is 8.70. The highest BCUT2D eigenvalue weighted by molar-refractivity contribution is 7.81. The van der Waals surface area contributed by atoms with Gasteiger partial charge in [-0.1, -0.05) is 91.0 Å². The second-order valence-corrected chi connectivity index (χ2v) is 11.0. The SMILES string of the molecule is c1ccc(-c2cc3c4c(c2)Oc2ccc5ccccc5c2P4c2c(ccc4ccccc24)O3)cc1. The highest BCUT2D eigenvalue weighted by Gasteiger charge is 2.39. The summed E-state index contributed by atoms with van der Waals surface area (Å²) in [5.74, 6) is 3.68. The number of ether oxygens (including phenoxy) is 2. The van der Waals surface area contributed by atoms with E-state index in [1.807, 2.05) is 6.07 Å². The topological polar surface area (TPSA) is 18.5 Å². The second kappa shape index (κ2) is 7.18. The van der Waals surface area contributed by atoms with Crippen molar-refractivity contribution < 1.29 is 9.47 Å². The van der Waals surface area contributed by atoms with Crippen LogP contribution in [0.5, 0.6) is 23.0 Å². The van der Waals surface area contributed by atoms with Gasteiger partial charge in [-0.3, -0.25) is 0 Å². The van der Waals surface area contributed by atoms with E-state index in [2.05, 4.69) is 109 Å². The average molecular weight is 466 g/mol. The van der Waals surface area contributed by atoms with Crippen LogP contribution in [-0.4, -0.2) is 0 Å². The molecule has 2 aliphatic rings. The van der Waals surface area contributed by atoms with Crippen molar-refractivity contribution in [2.75, 3.05) is 0 Å². The number of benzene rings is 6. The molecule has 3 heteroatoms. The van der Waals surface area contributed by atoms with Gasteiger partial charge in [-0.25, -0.2) is 0 Å². The number of fused-ring (bicyclic) bond motifs is 8. The standard InChI is InChI=1S/C32H19O2P/c1-2-8-20(9-3-1)23-18-28-32-29(19-23)34-27-17-15-22-11-5-7-13-25(22)31(27)35(32)30-24-12-6-4-10-21(24)14-16-26(30)33-28/h1-19H. The summed E-state index contributed by atoms with van der Waals surface area (Å²) in [6.07, 6.45) is 0. The molecule has 6 aromatic rings. The maximum absolute atomic E-state index is 6.66. The molecule has 0 fully saturated rings. The maximum Gasteiger partial charge on any atom is 0.140 e. The Morgan fingerprint density at radius 1 is 0.400 bits per heavy atom. The summed E-state index contributed by atoms with van der Waals surface area (Å²) in [6.45, 7) is 0. The molecule has 0 aromatic heterocycles. The molecule has 0 N–H and O–H groups in total. The molecule has 8 rings (SSSR count). The van der Waals surface area contributed by atoms with Crippen LogP contribution in [0.15, 0.2) is 115 Å². The predicted octanol–water partition coefficient (Wildman–Crippen LogP) is 7.63. The van der Waals surface area contributed by atoms with E-state index in [4.69, 9.17) is 9.47 Å². The fourth-order valence-electron chi connectivity index (χ4n) is 5.42. The summed E-state index contributed by atoms with van der Waals surface area (Å²) < 4.78 is 13.3. The Morgan fingerprint density at radius 2 is 0.914 bits per heavy atom. The highest BCUT2D eigenvalue weighted by atomic mass is 31.1. The summed E-state index contributed by atoms with van der Waals surface area (Å²) in [5.41, 5.74) is 2.25. The molecule has 164 valence electrons. The Labute approximate surface area is 204 Å². The molecule has 0 radical (unpaired) electrons. The van der Waals surface area contributed by atoms with Gasteiger partial charge in [0.25, 0.3) is 0 Å². The van der Waals surface area contributed by atoms with Crippen LogP contribution in [0, 0.1) is 0 Å². The van der Waals surface area contributed by atoms with Crippen molar-refractivity contribution >= 4 is 45.4 Å². The monoisotopic (exact) mass is 466 g/mol. The molecule has 0 saturated carbocycles. The van der Waals surface area contributed by atoms with Gasteiger partial charge in [-0.05, 0) is 56.9 Å². The van der Waals surface area contributed by atoms with Crippen molar-refractivity contribution in [2.24, 2.45) is 0 Å². The molecule has 0 aliphatic carbocycles. The minimum atomic E-state index is -0.882. The Bertz CT molecular complexity index is 1700. The Morgan fingerprint density at radius 3 is 1.49 bits per heavy atom. The van der Waals surface area contributed by atoms with Crippen LogP contribution in [0.1, 0.15) is 0 Å². The lowest BCUT2D eigenvalue weighted by atomic mass is 10.0. The molecule has 0 amide bonds. The first-order valence-electron chi connectivity index (χ1n) is 11.8. The molecule has 0 spiro atoms. The fourth-order valence-corrected chi connectivity index (χ4v) is 8.33. The lowest BCUT2D eigenvalue weighted by Gasteiger charge is -2.36. The van der Waals surface area contributed by atoms with E-state index in [-0.39, 0.29) is 0 Å². The van der Waals surface area contributed by atoms with Gasteiger partial charge < -0.3 is 9.47 Å². The lowest BCUT2D eigenvalue weighted by molar-refractivity contribution is 0.467. The van der Waals surface area contributed by atoms with Crippen molar-refractivity contribution in [3.63, 3.8) is 0 Å². The van der Waals surface area contributed by atoms with E-state index in [1.54, 1.807) is 0 Å². The van der Waals surface area contributed by atoms with Crippen molar-refractivity contribution in [1.82, 2.24) is 0 Å². The smallest absolute Gasteiger partial charge is 0.140 e. The van der Waals surface area contributed by atoms with Crippen molar-refractivity contribution in [3.05, 3.63) is 115 Å². The first-order chi connectivity index (χ1) is 17.3. The second-order valence-electron chi connectivity index (χ2n) is 8.99. The lowest BCUT2D eigenvalue weighted by Crippen LogP contribution is -2.32. The van der Waals surface area contributed by atoms with Gasteiger partial charge in [0.15, 0.2) is 0 Å². The molecule has 2 heterocycles. The first-order valence-corrected chi connectivity index (χ1v) is 13.1. The summed E-state index contributed by atoms with van der Waals surface area (Å²) in [4.78, 5) is 0. The van der Waals surface area contributed by atoms with Gasteiger partial charge >= 0.3 is 0 Å². The zero-order valence-electron chi connectivity index (χ0n) is 18.7. The fraction of sp³-hybridized carbons (Fsp3) is 0. The van der Waals surface area contributed by atoms with Crippen LogP contribution in [-0.2, 0) is 0 Å². The highest BCUT2D eigenvalue weighted by Crippen LogP contribution is 2.55. The molecule has 35 heavy (non-hydrogen) atoms. The third-order valence-corrected chi connectivity index (χ3v) is 9.69. The van der Waals surface area contributed by atoms with Crippen LogP contribution in [0.3, 0.4) is 0 Å². The Hall–Kier alpha value is -4.13. The van der Waals surface area contributed by atoms with Crippen molar-refractivity contribution in [1.29, 1.82) is 0 Å². The average Bonchev–Trinajstić information content (AvgIpc) is 2.92. The van der Waals surface area contributed by atoms with Crippen molar-refractivity contribution in [2.45, 2.75) is 0 Å². The minimum absolute atomic E-state index is 0.882. The van der Waals surface area contributed by atoms with Crippen LogP contribution in [0.2, 0.25) is 0 Å². The normalized spacial score (nSPS) is 13.5. The predicted molar refractivity (Wildman–Crippen MR) is 146 cm³/mol. The van der Waals surface area contributed by atoms with Gasteiger partial charge in [0.1, 0.15) is 23.0 Å². The van der Waals surface area contributed by atoms with Crippen LogP contribution >= 0.6 is 7.92 Å². The third-order valence-electron chi connectivity index (χ3n) is 6.98. The summed E-state index contributed by atoms with van der Waals surface area (Å²) >= 11 is 0. The molecule has 6 aromatic carbocycles. The van der Waals surface area contributed by atoms with Gasteiger partial charge in [0.2, 0.25) is 0 Å². The third kappa shape index (κ3) is 2.75. The quantitative estimate of drug-likeness (QED) is 0.232. The number of hydrogen-bond acceptors (Lipinski definition) is 2. The molecule has 0 saturated heterocycles. The van der Waals surface area contributed by atoms with Crippen LogP contribution in [0.4, 0.5) is 0 Å². The first kappa shape index (κ1) is 19.2. The zero-order valence-corrected chi connectivity index (χ0v) is 19.6. The molecule has 0 atom stereocenters. The molecule has 2 nitrogen and oxygen atoms in total. The minimum Gasteiger partial charge on any atom is -0.456 e. The van der Waals surface area contributed by atoms with Crippen LogP contribution in [0.25, 0.3) is 32.7 Å². The van der Waals surface area contributed by atoms with E-state index >= 15 is 0 Å². The molecular formula is C32H19O2P.